The molecule has 3 rings (SSSR count). The van der Waals surface area contributed by atoms with Gasteiger partial charge in [-0.3, -0.25) is 0 Å². The van der Waals surface area contributed by atoms with Gasteiger partial charge in [0.05, 0.1) is 5.02 Å². The van der Waals surface area contributed by atoms with Crippen molar-refractivity contribution in [3.63, 3.8) is 0 Å². The van der Waals surface area contributed by atoms with Gasteiger partial charge >= 0.3 is 0 Å². The monoisotopic (exact) mass is 400 g/mol. The van der Waals surface area contributed by atoms with E-state index in [0.717, 1.165) is 0 Å². The Morgan fingerprint density at radius 3 is 2.56 bits per heavy atom. The number of piperazine rings is 1. The fraction of sp³-hybridized carbons (Fsp3) is 0.333. The van der Waals surface area contributed by atoms with E-state index in [-0.39, 0.29) is 28.7 Å². The summed E-state index contributed by atoms with van der Waals surface area (Å²) in [6.07, 6.45) is 0. The Bertz CT molecular complexity index is 944. The van der Waals surface area contributed by atoms with Crippen molar-refractivity contribution in [2.24, 2.45) is 0 Å². The molecule has 1 aromatic heterocycles. The summed E-state index contributed by atoms with van der Waals surface area (Å²) in [5.41, 5.74) is 0.201. The Balaban J connectivity index is 1.80. The maximum atomic E-state index is 12.8. The average molecular weight is 401 g/mol. The number of halogens is 2. The van der Waals surface area contributed by atoms with Crippen molar-refractivity contribution in [3.05, 3.63) is 39.8 Å². The molecule has 1 aliphatic rings. The van der Waals surface area contributed by atoms with Crippen LogP contribution in [0, 0.1) is 18.3 Å². The van der Waals surface area contributed by atoms with E-state index in [4.69, 9.17) is 32.9 Å². The minimum atomic E-state index is -3.75. The molecule has 0 bridgehead atoms. The van der Waals surface area contributed by atoms with Crippen LogP contribution in [0.3, 0.4) is 0 Å². The molecule has 10 heteroatoms. The Labute approximate surface area is 155 Å². The zero-order chi connectivity index (χ0) is 18.2. The van der Waals surface area contributed by atoms with Gasteiger partial charge in [0.1, 0.15) is 11.0 Å². The lowest BCUT2D eigenvalue weighted by molar-refractivity contribution is 0.372. The van der Waals surface area contributed by atoms with Crippen molar-refractivity contribution >= 4 is 39.1 Å². The van der Waals surface area contributed by atoms with Gasteiger partial charge in [-0.15, -0.1) is 0 Å². The molecule has 2 aromatic rings. The summed E-state index contributed by atoms with van der Waals surface area (Å²) in [5.74, 6) is 0.769. The van der Waals surface area contributed by atoms with Crippen LogP contribution >= 0.6 is 23.2 Å². The van der Waals surface area contributed by atoms with Crippen LogP contribution in [0.25, 0.3) is 0 Å². The van der Waals surface area contributed by atoms with Gasteiger partial charge in [0.25, 0.3) is 0 Å². The highest BCUT2D eigenvalue weighted by Gasteiger charge is 2.32. The van der Waals surface area contributed by atoms with Gasteiger partial charge in [-0.25, -0.2) is 13.4 Å². The molecule has 7 nitrogen and oxygen atoms in total. The summed E-state index contributed by atoms with van der Waals surface area (Å²) in [6.45, 7) is 2.87. The van der Waals surface area contributed by atoms with Gasteiger partial charge in [-0.2, -0.15) is 9.57 Å². The number of benzene rings is 1. The number of nitriles is 1. The second-order valence-corrected chi connectivity index (χ2v) is 8.21. The van der Waals surface area contributed by atoms with Gasteiger partial charge in [-0.1, -0.05) is 23.2 Å². The summed E-state index contributed by atoms with van der Waals surface area (Å²) in [4.78, 5) is 5.81. The van der Waals surface area contributed by atoms with Crippen LogP contribution in [0.4, 0.5) is 5.88 Å². The minimum absolute atomic E-state index is 0.0108. The fourth-order valence-electron chi connectivity index (χ4n) is 2.65. The van der Waals surface area contributed by atoms with Crippen LogP contribution in [0.2, 0.25) is 10.0 Å². The average Bonchev–Trinajstić information content (AvgIpc) is 2.98. The molecule has 0 atom stereocenters. The van der Waals surface area contributed by atoms with E-state index in [1.807, 2.05) is 11.0 Å². The SMILES string of the molecule is Cc1nc(C#N)c(N2CCN(S(=O)(=O)c3cc(Cl)ccc3Cl)CC2)o1. The Hall–Kier alpha value is -1.79. The largest absolute Gasteiger partial charge is 0.424 e. The van der Waals surface area contributed by atoms with Crippen molar-refractivity contribution in [1.82, 2.24) is 9.29 Å². The number of hydrogen-bond donors (Lipinski definition) is 0. The summed E-state index contributed by atoms with van der Waals surface area (Å²) >= 11 is 11.9. The van der Waals surface area contributed by atoms with E-state index in [1.54, 1.807) is 6.92 Å². The minimum Gasteiger partial charge on any atom is -0.424 e. The molecule has 0 radical (unpaired) electrons. The third-order valence-corrected chi connectivity index (χ3v) is 6.47. The molecule has 0 saturated carbocycles. The molecule has 0 spiro atoms. The molecule has 1 fully saturated rings. The molecular formula is C15H14Cl2N4O3S. The summed E-state index contributed by atoms with van der Waals surface area (Å²) in [6, 6.07) is 6.33. The predicted octanol–water partition coefficient (Wildman–Crippen LogP) is 2.67. The topological polar surface area (TPSA) is 90.4 Å². The number of sulfonamides is 1. The number of aryl methyl sites for hydroxylation is 1. The van der Waals surface area contributed by atoms with Gasteiger partial charge < -0.3 is 9.32 Å². The highest BCUT2D eigenvalue weighted by Crippen LogP contribution is 2.29. The summed E-state index contributed by atoms with van der Waals surface area (Å²) in [7, 11) is -3.75. The maximum absolute atomic E-state index is 12.8. The summed E-state index contributed by atoms with van der Waals surface area (Å²) < 4.78 is 32.4. The van der Waals surface area contributed by atoms with Crippen LogP contribution in [0.15, 0.2) is 27.5 Å². The van der Waals surface area contributed by atoms with Crippen LogP contribution in [-0.4, -0.2) is 43.9 Å². The lowest BCUT2D eigenvalue weighted by Crippen LogP contribution is -2.48. The van der Waals surface area contributed by atoms with Crippen LogP contribution in [-0.2, 0) is 10.0 Å². The number of rotatable bonds is 3. The Morgan fingerprint density at radius 2 is 1.92 bits per heavy atom. The van der Waals surface area contributed by atoms with Crippen molar-refractivity contribution in [3.8, 4) is 6.07 Å². The second kappa shape index (κ2) is 6.84. The fourth-order valence-corrected chi connectivity index (χ4v) is 4.81. The molecule has 1 aromatic carbocycles. The normalized spacial score (nSPS) is 16.0. The van der Waals surface area contributed by atoms with Crippen LogP contribution in [0.5, 0.6) is 0 Å². The van der Waals surface area contributed by atoms with Gasteiger partial charge in [0.15, 0.2) is 5.89 Å². The zero-order valence-corrected chi connectivity index (χ0v) is 15.6. The molecule has 25 heavy (non-hydrogen) atoms. The second-order valence-electron chi connectivity index (χ2n) is 5.46. The van der Waals surface area contributed by atoms with Crippen molar-refractivity contribution < 1.29 is 12.8 Å². The zero-order valence-electron chi connectivity index (χ0n) is 13.2. The number of hydrogen-bond acceptors (Lipinski definition) is 6. The standard InChI is InChI=1S/C15H14Cl2N4O3S/c1-10-19-13(9-18)15(24-10)20-4-6-21(7-5-20)25(22,23)14-8-11(16)2-3-12(14)17/h2-3,8H,4-7H2,1H3. The number of oxazole rings is 1. The van der Waals surface area contributed by atoms with Crippen LogP contribution < -0.4 is 4.90 Å². The molecule has 132 valence electrons. The lowest BCUT2D eigenvalue weighted by atomic mass is 10.3. The Morgan fingerprint density at radius 1 is 1.24 bits per heavy atom. The van der Waals surface area contributed by atoms with E-state index in [9.17, 15) is 8.42 Å². The van der Waals surface area contributed by atoms with E-state index >= 15 is 0 Å². The number of aromatic nitrogens is 1. The van der Waals surface area contributed by atoms with Gasteiger partial charge in [-0.05, 0) is 18.2 Å². The summed E-state index contributed by atoms with van der Waals surface area (Å²) in [5, 5.41) is 9.55. The molecule has 1 aliphatic heterocycles. The first-order valence-electron chi connectivity index (χ1n) is 7.40. The molecule has 1 saturated heterocycles. The quantitative estimate of drug-likeness (QED) is 0.786. The van der Waals surface area contributed by atoms with Crippen molar-refractivity contribution in [1.29, 1.82) is 5.26 Å². The maximum Gasteiger partial charge on any atom is 0.244 e. The van der Waals surface area contributed by atoms with Gasteiger partial charge in [0.2, 0.25) is 21.6 Å². The first-order chi connectivity index (χ1) is 11.8. The molecule has 0 amide bonds. The first-order valence-corrected chi connectivity index (χ1v) is 9.60. The van der Waals surface area contributed by atoms with E-state index in [1.165, 1.54) is 22.5 Å². The lowest BCUT2D eigenvalue weighted by Gasteiger charge is -2.33. The molecule has 2 heterocycles. The van der Waals surface area contributed by atoms with Crippen molar-refractivity contribution in [2.75, 3.05) is 31.1 Å². The smallest absolute Gasteiger partial charge is 0.244 e. The molecular weight excluding hydrogens is 387 g/mol. The van der Waals surface area contributed by atoms with E-state index < -0.39 is 10.0 Å². The van der Waals surface area contributed by atoms with Crippen LogP contribution in [0.1, 0.15) is 11.6 Å². The molecule has 0 unspecified atom stereocenters. The third kappa shape index (κ3) is 3.46. The Kier molecular flexibility index (Phi) is 4.93. The molecule has 0 aliphatic carbocycles. The first kappa shape index (κ1) is 18.0. The molecule has 0 N–H and O–H groups in total. The van der Waals surface area contributed by atoms with E-state index in [2.05, 4.69) is 4.98 Å². The predicted molar refractivity (Wildman–Crippen MR) is 93.4 cm³/mol. The third-order valence-electron chi connectivity index (χ3n) is 3.86. The van der Waals surface area contributed by atoms with Crippen molar-refractivity contribution in [2.45, 2.75) is 11.8 Å². The van der Waals surface area contributed by atoms with Gasteiger partial charge in [0, 0.05) is 38.1 Å². The van der Waals surface area contributed by atoms with E-state index in [0.29, 0.717) is 29.9 Å². The highest BCUT2D eigenvalue weighted by atomic mass is 35.5. The highest BCUT2D eigenvalue weighted by molar-refractivity contribution is 7.89. The number of nitrogens with zero attached hydrogens (tertiary/aromatic N) is 4. The number of anilines is 1.